The van der Waals surface area contributed by atoms with Gasteiger partial charge in [0.15, 0.2) is 0 Å². The molecule has 2 rings (SSSR count). The summed E-state index contributed by atoms with van der Waals surface area (Å²) in [6, 6.07) is 5.90. The Morgan fingerprint density at radius 3 is 2.94 bits per heavy atom. The van der Waals surface area contributed by atoms with Crippen molar-refractivity contribution in [3.05, 3.63) is 35.6 Å². The summed E-state index contributed by atoms with van der Waals surface area (Å²) in [5, 5.41) is 0. The lowest BCUT2D eigenvalue weighted by Crippen LogP contribution is -2.41. The Labute approximate surface area is 94.0 Å². The fourth-order valence-electron chi connectivity index (χ4n) is 2.26. The second kappa shape index (κ2) is 4.51. The van der Waals surface area contributed by atoms with Gasteiger partial charge >= 0.3 is 6.03 Å². The summed E-state index contributed by atoms with van der Waals surface area (Å²) < 4.78 is 13.1. The topological polar surface area (TPSA) is 46.3 Å². The first-order valence-corrected chi connectivity index (χ1v) is 5.50. The molecule has 0 aliphatic carbocycles. The molecule has 1 fully saturated rings. The maximum Gasteiger partial charge on any atom is 0.315 e. The van der Waals surface area contributed by atoms with Gasteiger partial charge in [-0.2, -0.15) is 0 Å². The molecule has 1 aliphatic heterocycles. The van der Waals surface area contributed by atoms with Gasteiger partial charge in [0, 0.05) is 6.54 Å². The molecule has 3 nitrogen and oxygen atoms in total. The van der Waals surface area contributed by atoms with Crippen molar-refractivity contribution in [2.75, 3.05) is 6.54 Å². The van der Waals surface area contributed by atoms with E-state index in [1.165, 1.54) is 12.1 Å². The maximum atomic E-state index is 13.1. The molecule has 0 aromatic heterocycles. The van der Waals surface area contributed by atoms with E-state index in [1.54, 1.807) is 11.0 Å². The summed E-state index contributed by atoms with van der Waals surface area (Å²) in [5.41, 5.74) is 6.16. The number of likely N-dealkylation sites (tertiary alicyclic amines) is 1. The summed E-state index contributed by atoms with van der Waals surface area (Å²) >= 11 is 0. The normalized spacial score (nSPS) is 20.8. The van der Waals surface area contributed by atoms with E-state index < -0.39 is 6.03 Å². The van der Waals surface area contributed by atoms with Gasteiger partial charge in [-0.3, -0.25) is 0 Å². The minimum absolute atomic E-state index is 0.0676. The Bertz CT molecular complexity index is 394. The van der Waals surface area contributed by atoms with Gasteiger partial charge in [0.1, 0.15) is 5.82 Å². The number of nitrogens with two attached hydrogens (primary N) is 1. The Morgan fingerprint density at radius 1 is 1.44 bits per heavy atom. The van der Waals surface area contributed by atoms with Crippen LogP contribution in [0.1, 0.15) is 30.9 Å². The molecule has 86 valence electrons. The molecule has 1 aromatic rings. The Morgan fingerprint density at radius 2 is 2.25 bits per heavy atom. The third-order valence-electron chi connectivity index (χ3n) is 3.02. The molecule has 0 radical (unpaired) electrons. The number of amides is 2. The van der Waals surface area contributed by atoms with Gasteiger partial charge in [0.05, 0.1) is 6.04 Å². The fourth-order valence-corrected chi connectivity index (χ4v) is 2.26. The van der Waals surface area contributed by atoms with E-state index in [0.29, 0.717) is 6.54 Å². The van der Waals surface area contributed by atoms with Crippen LogP contribution in [0.5, 0.6) is 0 Å². The third kappa shape index (κ3) is 2.15. The van der Waals surface area contributed by atoms with E-state index in [4.69, 9.17) is 5.73 Å². The van der Waals surface area contributed by atoms with Gasteiger partial charge in [-0.25, -0.2) is 9.18 Å². The Balaban J connectivity index is 2.26. The first kappa shape index (κ1) is 10.9. The number of nitrogens with zero attached hydrogens (tertiary/aromatic N) is 1. The molecule has 16 heavy (non-hydrogen) atoms. The van der Waals surface area contributed by atoms with Crippen molar-refractivity contribution in [2.24, 2.45) is 5.73 Å². The van der Waals surface area contributed by atoms with Gasteiger partial charge in [0.2, 0.25) is 0 Å². The van der Waals surface area contributed by atoms with Crippen molar-refractivity contribution in [3.8, 4) is 0 Å². The number of rotatable bonds is 1. The van der Waals surface area contributed by atoms with Gasteiger partial charge in [0.25, 0.3) is 0 Å². The Hall–Kier alpha value is -1.58. The SMILES string of the molecule is NC(=O)N1CCCCC1c1cccc(F)c1. The molecule has 0 saturated carbocycles. The van der Waals surface area contributed by atoms with Gasteiger partial charge in [-0.1, -0.05) is 12.1 Å². The van der Waals surface area contributed by atoms with E-state index in [-0.39, 0.29) is 11.9 Å². The van der Waals surface area contributed by atoms with Crippen LogP contribution >= 0.6 is 0 Å². The van der Waals surface area contributed by atoms with Crippen LogP contribution in [0.15, 0.2) is 24.3 Å². The third-order valence-corrected chi connectivity index (χ3v) is 3.02. The highest BCUT2D eigenvalue weighted by molar-refractivity contribution is 5.72. The lowest BCUT2D eigenvalue weighted by atomic mass is 9.95. The summed E-state index contributed by atoms with van der Waals surface area (Å²) in [6.45, 7) is 0.663. The molecule has 2 N–H and O–H groups in total. The molecule has 1 unspecified atom stereocenters. The zero-order valence-corrected chi connectivity index (χ0v) is 9.03. The number of piperidine rings is 1. The van der Waals surface area contributed by atoms with Crippen molar-refractivity contribution in [2.45, 2.75) is 25.3 Å². The summed E-state index contributed by atoms with van der Waals surface area (Å²) in [7, 11) is 0. The molecule has 0 spiro atoms. The number of halogens is 1. The van der Waals surface area contributed by atoms with Crippen molar-refractivity contribution in [1.29, 1.82) is 0 Å². The zero-order valence-electron chi connectivity index (χ0n) is 9.03. The standard InChI is InChI=1S/C12H15FN2O/c13-10-5-3-4-9(8-10)11-6-1-2-7-15(11)12(14)16/h3-5,8,11H,1-2,6-7H2,(H2,14,16). The lowest BCUT2D eigenvalue weighted by Gasteiger charge is -2.34. The highest BCUT2D eigenvalue weighted by Crippen LogP contribution is 2.30. The fraction of sp³-hybridized carbons (Fsp3) is 0.417. The van der Waals surface area contributed by atoms with Crippen molar-refractivity contribution < 1.29 is 9.18 Å². The summed E-state index contributed by atoms with van der Waals surface area (Å²) in [5.74, 6) is -0.271. The minimum Gasteiger partial charge on any atom is -0.351 e. The molecule has 1 heterocycles. The number of urea groups is 1. The van der Waals surface area contributed by atoms with E-state index in [9.17, 15) is 9.18 Å². The maximum absolute atomic E-state index is 13.1. The predicted octanol–water partition coefficient (Wildman–Crippen LogP) is 2.43. The van der Waals surface area contributed by atoms with Crippen molar-refractivity contribution >= 4 is 6.03 Å². The van der Waals surface area contributed by atoms with Crippen LogP contribution < -0.4 is 5.73 Å². The van der Waals surface area contributed by atoms with Crippen LogP contribution in [-0.2, 0) is 0 Å². The molecule has 1 atom stereocenters. The van der Waals surface area contributed by atoms with E-state index in [1.807, 2.05) is 6.07 Å². The largest absolute Gasteiger partial charge is 0.351 e. The molecule has 4 heteroatoms. The second-order valence-corrected chi connectivity index (χ2v) is 4.10. The summed E-state index contributed by atoms with van der Waals surface area (Å²) in [4.78, 5) is 12.9. The van der Waals surface area contributed by atoms with Crippen LogP contribution in [0.2, 0.25) is 0 Å². The second-order valence-electron chi connectivity index (χ2n) is 4.10. The van der Waals surface area contributed by atoms with E-state index >= 15 is 0 Å². The molecular weight excluding hydrogens is 207 g/mol. The number of hydrogen-bond donors (Lipinski definition) is 1. The molecule has 2 amide bonds. The highest BCUT2D eigenvalue weighted by atomic mass is 19.1. The van der Waals surface area contributed by atoms with Crippen LogP contribution in [-0.4, -0.2) is 17.5 Å². The number of primary amides is 1. The van der Waals surface area contributed by atoms with Crippen LogP contribution in [0.4, 0.5) is 9.18 Å². The number of carbonyl (C=O) groups is 1. The molecule has 1 saturated heterocycles. The predicted molar refractivity (Wildman–Crippen MR) is 59.3 cm³/mol. The van der Waals surface area contributed by atoms with E-state index in [2.05, 4.69) is 0 Å². The van der Waals surface area contributed by atoms with Crippen LogP contribution in [0.3, 0.4) is 0 Å². The van der Waals surface area contributed by atoms with E-state index in [0.717, 1.165) is 24.8 Å². The lowest BCUT2D eigenvalue weighted by molar-refractivity contribution is 0.160. The molecule has 1 aromatic carbocycles. The van der Waals surface area contributed by atoms with Crippen LogP contribution in [0.25, 0.3) is 0 Å². The smallest absolute Gasteiger partial charge is 0.315 e. The average Bonchev–Trinajstić information content (AvgIpc) is 2.29. The Kier molecular flexibility index (Phi) is 3.08. The van der Waals surface area contributed by atoms with Crippen molar-refractivity contribution in [1.82, 2.24) is 4.90 Å². The average molecular weight is 222 g/mol. The monoisotopic (exact) mass is 222 g/mol. The number of hydrogen-bond acceptors (Lipinski definition) is 1. The summed E-state index contributed by atoms with van der Waals surface area (Å²) in [6.07, 6.45) is 2.87. The quantitative estimate of drug-likeness (QED) is 0.779. The highest BCUT2D eigenvalue weighted by Gasteiger charge is 2.26. The molecule has 0 bridgehead atoms. The minimum atomic E-state index is -0.422. The first-order chi connectivity index (χ1) is 7.68. The zero-order chi connectivity index (χ0) is 11.5. The van der Waals surface area contributed by atoms with Crippen molar-refractivity contribution in [3.63, 3.8) is 0 Å². The van der Waals surface area contributed by atoms with Gasteiger partial charge in [-0.15, -0.1) is 0 Å². The molecular formula is C12H15FN2O. The van der Waals surface area contributed by atoms with Crippen LogP contribution in [0, 0.1) is 5.82 Å². The number of benzene rings is 1. The van der Waals surface area contributed by atoms with Gasteiger partial charge in [-0.05, 0) is 37.0 Å². The first-order valence-electron chi connectivity index (χ1n) is 5.50. The van der Waals surface area contributed by atoms with Gasteiger partial charge < -0.3 is 10.6 Å². The number of carbonyl (C=O) groups excluding carboxylic acids is 1. The molecule has 1 aliphatic rings.